The molecule has 0 saturated carbocycles. The highest BCUT2D eigenvalue weighted by Gasteiger charge is 2.20. The Hall–Kier alpha value is -3.02. The fraction of sp³-hybridized carbons (Fsp3) is 0.176. The molecule has 1 N–H and O–H groups in total. The summed E-state index contributed by atoms with van der Waals surface area (Å²) in [4.78, 5) is 24.8. The normalized spacial score (nSPS) is 10.9. The van der Waals surface area contributed by atoms with Crippen molar-refractivity contribution in [2.24, 2.45) is 0 Å². The van der Waals surface area contributed by atoms with Crippen molar-refractivity contribution in [2.45, 2.75) is 6.92 Å². The molecule has 118 valence electrons. The topological polar surface area (TPSA) is 86.0 Å². The summed E-state index contributed by atoms with van der Waals surface area (Å²) >= 11 is 0. The minimum atomic E-state index is -0.688. The lowest BCUT2D eigenvalue weighted by Gasteiger charge is -2.09. The molecule has 2 aromatic carbocycles. The fourth-order valence-electron chi connectivity index (χ4n) is 2.58. The number of esters is 1. The number of ether oxygens (including phenoxy) is 2. The Labute approximate surface area is 130 Å². The molecular weight excluding hydrogens is 300 g/mol. The van der Waals surface area contributed by atoms with Crippen LogP contribution in [0.3, 0.4) is 0 Å². The summed E-state index contributed by atoms with van der Waals surface area (Å²) in [5, 5.41) is 10.2. The highest BCUT2D eigenvalue weighted by atomic mass is 16.5. The molecule has 1 heterocycles. The molecule has 0 aliphatic rings. The number of aromatic hydroxyl groups is 1. The van der Waals surface area contributed by atoms with Crippen molar-refractivity contribution in [3.63, 3.8) is 0 Å². The van der Waals surface area contributed by atoms with Gasteiger partial charge < -0.3 is 19.0 Å². The van der Waals surface area contributed by atoms with Gasteiger partial charge in [-0.2, -0.15) is 0 Å². The zero-order valence-electron chi connectivity index (χ0n) is 12.8. The second-order valence-electron chi connectivity index (χ2n) is 5.13. The number of benzene rings is 2. The minimum Gasteiger partial charge on any atom is -0.507 e. The third-order valence-corrected chi connectivity index (χ3v) is 3.62. The molecule has 23 heavy (non-hydrogen) atoms. The van der Waals surface area contributed by atoms with Crippen molar-refractivity contribution in [2.75, 3.05) is 14.2 Å². The number of hydrogen-bond acceptors (Lipinski definition) is 6. The first-order valence-electron chi connectivity index (χ1n) is 6.82. The van der Waals surface area contributed by atoms with Crippen LogP contribution in [0, 0.1) is 6.92 Å². The first-order chi connectivity index (χ1) is 11.0. The molecule has 0 saturated heterocycles. The molecule has 0 atom stereocenters. The van der Waals surface area contributed by atoms with Crippen molar-refractivity contribution in [3.8, 4) is 11.5 Å². The third-order valence-electron chi connectivity index (χ3n) is 3.62. The van der Waals surface area contributed by atoms with Crippen LogP contribution < -0.4 is 10.2 Å². The van der Waals surface area contributed by atoms with Crippen molar-refractivity contribution >= 4 is 27.9 Å². The summed E-state index contributed by atoms with van der Waals surface area (Å²) in [5.74, 6) is -0.522. The van der Waals surface area contributed by atoms with Gasteiger partial charge in [0.2, 0.25) is 5.43 Å². The van der Waals surface area contributed by atoms with Gasteiger partial charge in [-0.25, -0.2) is 4.79 Å². The lowest BCUT2D eigenvalue weighted by atomic mass is 10.0. The van der Waals surface area contributed by atoms with E-state index in [9.17, 15) is 14.7 Å². The Morgan fingerprint density at radius 3 is 2.43 bits per heavy atom. The summed E-state index contributed by atoms with van der Waals surface area (Å²) in [7, 11) is 2.66. The SMILES string of the molecule is COC(=O)c1cc(OC)cc2oc3cc(C)cc(O)c3c(=O)c12. The zero-order chi connectivity index (χ0) is 16.7. The highest BCUT2D eigenvalue weighted by molar-refractivity contribution is 6.06. The Morgan fingerprint density at radius 1 is 1.09 bits per heavy atom. The van der Waals surface area contributed by atoms with Gasteiger partial charge in [-0.15, -0.1) is 0 Å². The largest absolute Gasteiger partial charge is 0.507 e. The maximum absolute atomic E-state index is 12.8. The van der Waals surface area contributed by atoms with Crippen molar-refractivity contribution in [1.29, 1.82) is 0 Å². The molecule has 1 aromatic heterocycles. The molecular formula is C17H14O6. The standard InChI is InChI=1S/C17H14O6/c1-8-4-11(18)15-12(5-8)23-13-7-9(21-2)6-10(17(20)22-3)14(13)16(15)19/h4-7,18H,1-3H3. The predicted octanol–water partition coefficient (Wildman–Crippen LogP) is 2.76. The summed E-state index contributed by atoms with van der Waals surface area (Å²) < 4.78 is 15.6. The van der Waals surface area contributed by atoms with E-state index in [1.165, 1.54) is 32.4 Å². The van der Waals surface area contributed by atoms with Gasteiger partial charge in [0, 0.05) is 6.07 Å². The monoisotopic (exact) mass is 314 g/mol. The van der Waals surface area contributed by atoms with Gasteiger partial charge in [0.1, 0.15) is 28.1 Å². The van der Waals surface area contributed by atoms with Gasteiger partial charge in [-0.1, -0.05) is 0 Å². The van der Waals surface area contributed by atoms with Gasteiger partial charge >= 0.3 is 5.97 Å². The molecule has 0 spiro atoms. The average Bonchev–Trinajstić information content (AvgIpc) is 2.52. The Bertz CT molecular complexity index is 1000. The molecule has 0 bridgehead atoms. The van der Waals surface area contributed by atoms with Crippen molar-refractivity contribution in [3.05, 3.63) is 45.6 Å². The molecule has 3 rings (SSSR count). The Morgan fingerprint density at radius 2 is 1.78 bits per heavy atom. The number of rotatable bonds is 2. The van der Waals surface area contributed by atoms with E-state index in [1.54, 1.807) is 13.0 Å². The van der Waals surface area contributed by atoms with Crippen LogP contribution in [0.2, 0.25) is 0 Å². The van der Waals surface area contributed by atoms with E-state index in [0.29, 0.717) is 5.75 Å². The lowest BCUT2D eigenvalue weighted by molar-refractivity contribution is 0.0602. The number of hydrogen-bond donors (Lipinski definition) is 1. The first-order valence-corrected chi connectivity index (χ1v) is 6.82. The van der Waals surface area contributed by atoms with E-state index in [4.69, 9.17) is 13.9 Å². The number of carbonyl (C=O) groups excluding carboxylic acids is 1. The number of aryl methyl sites for hydroxylation is 1. The quantitative estimate of drug-likeness (QED) is 0.578. The van der Waals surface area contributed by atoms with Crippen LogP contribution in [0.4, 0.5) is 0 Å². The van der Waals surface area contributed by atoms with E-state index < -0.39 is 11.4 Å². The molecule has 0 fully saturated rings. The van der Waals surface area contributed by atoms with E-state index in [1.807, 2.05) is 0 Å². The van der Waals surface area contributed by atoms with Crippen molar-refractivity contribution < 1.29 is 23.8 Å². The summed E-state index contributed by atoms with van der Waals surface area (Å²) in [6, 6.07) is 6.03. The van der Waals surface area contributed by atoms with Crippen LogP contribution in [-0.4, -0.2) is 25.3 Å². The van der Waals surface area contributed by atoms with E-state index in [2.05, 4.69) is 0 Å². The predicted molar refractivity (Wildman–Crippen MR) is 84.3 cm³/mol. The molecule has 0 aliphatic carbocycles. The van der Waals surface area contributed by atoms with Gasteiger partial charge in [-0.05, 0) is 30.7 Å². The minimum absolute atomic E-state index is 0.0254. The Balaban J connectivity index is 2.56. The van der Waals surface area contributed by atoms with E-state index in [0.717, 1.165) is 5.56 Å². The summed E-state index contributed by atoms with van der Waals surface area (Å²) in [6.07, 6.45) is 0. The van der Waals surface area contributed by atoms with Crippen LogP contribution in [0.1, 0.15) is 15.9 Å². The van der Waals surface area contributed by atoms with E-state index >= 15 is 0 Å². The molecule has 3 aromatic rings. The molecule has 0 radical (unpaired) electrons. The van der Waals surface area contributed by atoms with E-state index in [-0.39, 0.29) is 33.3 Å². The molecule has 0 unspecified atom stereocenters. The van der Waals surface area contributed by atoms with Crippen molar-refractivity contribution in [1.82, 2.24) is 0 Å². The maximum atomic E-state index is 12.8. The number of phenols is 1. The summed E-state index contributed by atoms with van der Waals surface area (Å²) in [5.41, 5.74) is 0.698. The highest BCUT2D eigenvalue weighted by Crippen LogP contribution is 2.30. The van der Waals surface area contributed by atoms with Crippen LogP contribution in [0.5, 0.6) is 11.5 Å². The zero-order valence-corrected chi connectivity index (χ0v) is 12.8. The first kappa shape index (κ1) is 14.9. The van der Waals surface area contributed by atoms with Crippen LogP contribution >= 0.6 is 0 Å². The number of fused-ring (bicyclic) bond motifs is 2. The lowest BCUT2D eigenvalue weighted by Crippen LogP contribution is -2.11. The second-order valence-corrected chi connectivity index (χ2v) is 5.13. The Kier molecular flexibility index (Phi) is 3.44. The molecule has 0 amide bonds. The van der Waals surface area contributed by atoms with Crippen LogP contribution in [0.15, 0.2) is 33.5 Å². The maximum Gasteiger partial charge on any atom is 0.338 e. The van der Waals surface area contributed by atoms with Gasteiger partial charge in [0.15, 0.2) is 0 Å². The fourth-order valence-corrected chi connectivity index (χ4v) is 2.58. The average molecular weight is 314 g/mol. The van der Waals surface area contributed by atoms with Gasteiger partial charge in [0.25, 0.3) is 0 Å². The molecule has 0 aliphatic heterocycles. The molecule has 6 heteroatoms. The third kappa shape index (κ3) is 2.28. The number of methoxy groups -OCH3 is 2. The second kappa shape index (κ2) is 5.31. The van der Waals surface area contributed by atoms with Crippen LogP contribution in [0.25, 0.3) is 21.9 Å². The van der Waals surface area contributed by atoms with Gasteiger partial charge in [-0.3, -0.25) is 4.79 Å². The molecule has 6 nitrogen and oxygen atoms in total. The van der Waals surface area contributed by atoms with Crippen LogP contribution in [-0.2, 0) is 4.74 Å². The summed E-state index contributed by atoms with van der Waals surface area (Å²) in [6.45, 7) is 1.77. The number of carbonyl (C=O) groups is 1. The number of phenolic OH excluding ortho intramolecular Hbond substituents is 1. The van der Waals surface area contributed by atoms with Gasteiger partial charge in [0.05, 0.1) is 25.2 Å². The smallest absolute Gasteiger partial charge is 0.338 e.